The summed E-state index contributed by atoms with van der Waals surface area (Å²) < 4.78 is 0. The van der Waals surface area contributed by atoms with E-state index < -0.39 is 0 Å². The molecule has 7 heteroatoms. The lowest BCUT2D eigenvalue weighted by atomic mass is 10.0. The van der Waals surface area contributed by atoms with E-state index in [0.29, 0.717) is 23.4 Å². The molecular formula is C27H28N6O. The normalized spacial score (nSPS) is 17.7. The molecule has 2 aliphatic carbocycles. The number of hydrogen-bond acceptors (Lipinski definition) is 6. The first-order valence-electron chi connectivity index (χ1n) is 11.7. The molecule has 1 amide bonds. The first kappa shape index (κ1) is 21.9. The highest BCUT2D eigenvalue weighted by molar-refractivity contribution is 6.06. The van der Waals surface area contributed by atoms with E-state index in [1.54, 1.807) is 12.3 Å². The van der Waals surface area contributed by atoms with Crippen LogP contribution in [0.15, 0.2) is 82.4 Å². The van der Waals surface area contributed by atoms with Crippen LogP contribution in [0.4, 0.5) is 0 Å². The highest BCUT2D eigenvalue weighted by atomic mass is 16.1. The fourth-order valence-corrected chi connectivity index (χ4v) is 3.98. The number of amides is 1. The second-order valence-corrected chi connectivity index (χ2v) is 9.09. The molecule has 0 radical (unpaired) electrons. The molecule has 0 bridgehead atoms. The van der Waals surface area contributed by atoms with Crippen LogP contribution in [0.25, 0.3) is 11.1 Å². The van der Waals surface area contributed by atoms with Crippen molar-refractivity contribution in [2.75, 3.05) is 6.54 Å². The Morgan fingerprint density at radius 2 is 2.03 bits per heavy atom. The molecular weight excluding hydrogens is 424 g/mol. The van der Waals surface area contributed by atoms with E-state index in [2.05, 4.69) is 50.3 Å². The summed E-state index contributed by atoms with van der Waals surface area (Å²) >= 11 is 0. The molecule has 5 rings (SSSR count). The second-order valence-electron chi connectivity index (χ2n) is 9.09. The lowest BCUT2D eigenvalue weighted by Crippen LogP contribution is -2.33. The van der Waals surface area contributed by atoms with Crippen molar-refractivity contribution < 1.29 is 4.79 Å². The summed E-state index contributed by atoms with van der Waals surface area (Å²) in [5.41, 5.74) is 5.87. The predicted octanol–water partition coefficient (Wildman–Crippen LogP) is 4.63. The number of aromatic nitrogens is 2. The molecule has 0 atom stereocenters. The Morgan fingerprint density at radius 3 is 2.79 bits per heavy atom. The van der Waals surface area contributed by atoms with Crippen molar-refractivity contribution in [3.05, 3.63) is 83.6 Å². The van der Waals surface area contributed by atoms with Gasteiger partial charge in [-0.2, -0.15) is 5.10 Å². The predicted molar refractivity (Wildman–Crippen MR) is 135 cm³/mol. The molecule has 3 heterocycles. The van der Waals surface area contributed by atoms with Crippen LogP contribution >= 0.6 is 0 Å². The van der Waals surface area contributed by atoms with Crippen LogP contribution < -0.4 is 5.32 Å². The van der Waals surface area contributed by atoms with Gasteiger partial charge in [-0.15, -0.1) is 5.10 Å². The maximum atomic E-state index is 13.0. The Bertz CT molecular complexity index is 1230. The monoisotopic (exact) mass is 452 g/mol. The number of hydrogen-bond donors (Lipinski definition) is 1. The molecule has 0 saturated heterocycles. The van der Waals surface area contributed by atoms with Gasteiger partial charge in [-0.25, -0.2) is 0 Å². The van der Waals surface area contributed by atoms with Crippen molar-refractivity contribution in [2.45, 2.75) is 45.1 Å². The summed E-state index contributed by atoms with van der Waals surface area (Å²) in [6.07, 6.45) is 16.5. The fraction of sp³-hybridized carbons (Fsp3) is 0.296. The van der Waals surface area contributed by atoms with Gasteiger partial charge < -0.3 is 10.2 Å². The van der Waals surface area contributed by atoms with Crippen LogP contribution in [0.5, 0.6) is 0 Å². The van der Waals surface area contributed by atoms with Gasteiger partial charge in [0.1, 0.15) is 12.0 Å². The minimum atomic E-state index is -0.256. The van der Waals surface area contributed by atoms with Gasteiger partial charge in [0.25, 0.3) is 5.91 Å². The van der Waals surface area contributed by atoms with Crippen LogP contribution in [0.2, 0.25) is 0 Å². The lowest BCUT2D eigenvalue weighted by Gasteiger charge is -2.22. The van der Waals surface area contributed by atoms with Gasteiger partial charge in [-0.05, 0) is 66.7 Å². The Kier molecular flexibility index (Phi) is 6.16. The zero-order chi connectivity index (χ0) is 23.5. The molecule has 1 aliphatic heterocycles. The van der Waals surface area contributed by atoms with E-state index in [1.807, 2.05) is 49.0 Å². The van der Waals surface area contributed by atoms with Crippen LogP contribution in [-0.4, -0.2) is 45.4 Å². The minimum Gasteiger partial charge on any atom is -0.352 e. The Hall–Kier alpha value is -3.87. The van der Waals surface area contributed by atoms with Gasteiger partial charge >= 0.3 is 0 Å². The molecule has 2 aromatic rings. The number of nitrogens with zero attached hydrogens (tertiary/aromatic N) is 5. The van der Waals surface area contributed by atoms with Crippen molar-refractivity contribution in [1.82, 2.24) is 20.2 Å². The van der Waals surface area contributed by atoms with Gasteiger partial charge in [0.15, 0.2) is 0 Å². The van der Waals surface area contributed by atoms with Crippen molar-refractivity contribution in [3.8, 4) is 11.1 Å². The third kappa shape index (κ3) is 5.03. The van der Waals surface area contributed by atoms with Gasteiger partial charge in [0.05, 0.1) is 12.3 Å². The molecule has 7 nitrogen and oxygen atoms in total. The first-order chi connectivity index (χ1) is 16.6. The summed E-state index contributed by atoms with van der Waals surface area (Å²) in [6.45, 7) is 4.97. The molecule has 172 valence electrons. The quantitative estimate of drug-likeness (QED) is 0.693. The van der Waals surface area contributed by atoms with Gasteiger partial charge in [-0.3, -0.25) is 14.8 Å². The number of carbonyl (C=O) groups is 1. The highest BCUT2D eigenvalue weighted by Crippen LogP contribution is 2.27. The van der Waals surface area contributed by atoms with E-state index >= 15 is 0 Å². The number of carbonyl (C=O) groups excluding carboxylic acids is 1. The topological polar surface area (TPSA) is 82.8 Å². The summed E-state index contributed by atoms with van der Waals surface area (Å²) in [5.74, 6) is 0.116. The first-order valence-corrected chi connectivity index (χ1v) is 11.7. The zero-order valence-electron chi connectivity index (χ0n) is 19.5. The van der Waals surface area contributed by atoms with Crippen LogP contribution in [0.1, 0.15) is 55.2 Å². The van der Waals surface area contributed by atoms with Gasteiger partial charge in [-0.1, -0.05) is 32.1 Å². The van der Waals surface area contributed by atoms with Gasteiger partial charge in [0.2, 0.25) is 0 Å². The third-order valence-corrected chi connectivity index (χ3v) is 6.10. The van der Waals surface area contributed by atoms with Crippen molar-refractivity contribution >= 4 is 18.0 Å². The number of rotatable bonds is 6. The molecule has 34 heavy (non-hydrogen) atoms. The highest BCUT2D eigenvalue weighted by Gasteiger charge is 2.29. The molecule has 1 N–H and O–H groups in total. The zero-order valence-corrected chi connectivity index (χ0v) is 19.5. The van der Waals surface area contributed by atoms with E-state index in [-0.39, 0.29) is 5.91 Å². The standard InChI is InChI=1S/C27H28N6O/c1-18(2)24-10-7-21(15-29-24)19-11-12-28-25(14-19)27(34)31-22-6-4-3-5-20(13-22)26-16-33(17-30-32-26)23-8-9-23/h4-7,10-15,17-18,23H,3,8-9,16H2,1-2H3,(H,31,34). The Labute approximate surface area is 199 Å². The molecule has 2 aromatic heterocycles. The SMILES string of the molecule is CC(C)c1ccc(-c2ccnc(C(=O)NC3=CC(C4=NN=CN(C5CC5)C4)=CCC=C3)c2)cn1. The van der Waals surface area contributed by atoms with Crippen LogP contribution in [0, 0.1) is 0 Å². The molecule has 3 aliphatic rings. The van der Waals surface area contributed by atoms with Crippen LogP contribution in [0.3, 0.4) is 0 Å². The Balaban J connectivity index is 1.31. The summed E-state index contributed by atoms with van der Waals surface area (Å²) in [5, 5.41) is 11.6. The van der Waals surface area contributed by atoms with E-state index in [0.717, 1.165) is 41.1 Å². The van der Waals surface area contributed by atoms with Gasteiger partial charge in [0, 0.05) is 35.4 Å². The minimum absolute atomic E-state index is 0.256. The van der Waals surface area contributed by atoms with Crippen molar-refractivity contribution in [1.29, 1.82) is 0 Å². The van der Waals surface area contributed by atoms with E-state index in [4.69, 9.17) is 0 Å². The number of nitrogens with one attached hydrogen (secondary N) is 1. The average Bonchev–Trinajstić information content (AvgIpc) is 3.72. The number of pyridine rings is 2. The summed E-state index contributed by atoms with van der Waals surface area (Å²) in [7, 11) is 0. The smallest absolute Gasteiger partial charge is 0.274 e. The largest absolute Gasteiger partial charge is 0.352 e. The third-order valence-electron chi connectivity index (χ3n) is 6.10. The fourth-order valence-electron chi connectivity index (χ4n) is 3.98. The average molecular weight is 453 g/mol. The van der Waals surface area contributed by atoms with E-state index in [1.165, 1.54) is 12.8 Å². The summed E-state index contributed by atoms with van der Waals surface area (Å²) in [4.78, 5) is 24.1. The molecule has 0 unspecified atom stereocenters. The number of allylic oxidation sites excluding steroid dienone is 4. The molecule has 1 fully saturated rings. The molecule has 1 saturated carbocycles. The maximum absolute atomic E-state index is 13.0. The van der Waals surface area contributed by atoms with E-state index in [9.17, 15) is 4.79 Å². The summed E-state index contributed by atoms with van der Waals surface area (Å²) in [6, 6.07) is 8.33. The Morgan fingerprint density at radius 1 is 1.15 bits per heavy atom. The van der Waals surface area contributed by atoms with Crippen molar-refractivity contribution in [3.63, 3.8) is 0 Å². The van der Waals surface area contributed by atoms with Crippen molar-refractivity contribution in [2.24, 2.45) is 10.2 Å². The lowest BCUT2D eigenvalue weighted by molar-refractivity contribution is 0.0962. The van der Waals surface area contributed by atoms with Crippen LogP contribution in [-0.2, 0) is 0 Å². The maximum Gasteiger partial charge on any atom is 0.274 e. The second kappa shape index (κ2) is 9.55. The molecule has 0 aromatic carbocycles. The molecule has 0 spiro atoms.